The van der Waals surface area contributed by atoms with Crippen LogP contribution in [0, 0.1) is 6.92 Å². The van der Waals surface area contributed by atoms with Crippen LogP contribution in [0.25, 0.3) is 0 Å². The lowest BCUT2D eigenvalue weighted by Crippen LogP contribution is -2.44. The number of alkyl halides is 1. The largest absolute Gasteiger partial charge is 0.463 e. The third-order valence-electron chi connectivity index (χ3n) is 3.44. The molecule has 1 fully saturated rings. The third-order valence-corrected chi connectivity index (χ3v) is 4.34. The van der Waals surface area contributed by atoms with Gasteiger partial charge in [-0.25, -0.2) is 0 Å². The molecule has 1 unspecified atom stereocenters. The fourth-order valence-corrected chi connectivity index (χ4v) is 2.59. The van der Waals surface area contributed by atoms with E-state index in [9.17, 15) is 4.79 Å². The minimum absolute atomic E-state index is 0.219. The maximum absolute atomic E-state index is 12.0. The van der Waals surface area contributed by atoms with Crippen molar-refractivity contribution >= 4 is 21.9 Å². The number of ether oxygens (including phenoxy) is 1. The highest BCUT2D eigenvalue weighted by atomic mass is 79.9. The number of aryl methyl sites for hydroxylation is 1. The Morgan fingerprint density at radius 3 is 2.65 bits per heavy atom. The summed E-state index contributed by atoms with van der Waals surface area (Å²) in [6.07, 6.45) is 0. The van der Waals surface area contributed by atoms with Gasteiger partial charge in [0.25, 0.3) is 0 Å². The number of rotatable bonds is 5. The molecule has 20 heavy (non-hydrogen) atoms. The molecule has 1 aromatic carbocycles. The van der Waals surface area contributed by atoms with Crippen LogP contribution in [0.5, 0.6) is 0 Å². The predicted molar refractivity (Wildman–Crippen MR) is 83.1 cm³/mol. The molecule has 110 valence electrons. The van der Waals surface area contributed by atoms with E-state index in [2.05, 4.69) is 26.1 Å². The third kappa shape index (κ3) is 4.58. The number of carbonyl (C=O) groups is 1. The second-order valence-electron chi connectivity index (χ2n) is 5.03. The lowest BCUT2D eigenvalue weighted by molar-refractivity contribution is -0.143. The number of nitrogens with zero attached hydrogens (tertiary/aromatic N) is 1. The molecule has 1 heterocycles. The van der Waals surface area contributed by atoms with E-state index >= 15 is 0 Å². The minimum Gasteiger partial charge on any atom is -0.463 e. The molecule has 1 aromatic rings. The molecule has 0 aromatic heterocycles. The summed E-state index contributed by atoms with van der Waals surface area (Å²) in [4.78, 5) is 13.9. The molecule has 1 saturated heterocycles. The monoisotopic (exact) mass is 340 g/mol. The van der Waals surface area contributed by atoms with Crippen molar-refractivity contribution in [2.75, 3.05) is 39.3 Å². The highest BCUT2D eigenvalue weighted by molar-refractivity contribution is 9.09. The number of piperazine rings is 1. The van der Waals surface area contributed by atoms with Gasteiger partial charge in [-0.15, -0.1) is 0 Å². The Hall–Kier alpha value is -0.910. The first-order valence-electron chi connectivity index (χ1n) is 6.97. The van der Waals surface area contributed by atoms with Gasteiger partial charge in [0.1, 0.15) is 11.4 Å². The van der Waals surface area contributed by atoms with Crippen LogP contribution in [0.3, 0.4) is 0 Å². The zero-order valence-corrected chi connectivity index (χ0v) is 13.4. The van der Waals surface area contributed by atoms with Crippen LogP contribution in [0.15, 0.2) is 24.3 Å². The van der Waals surface area contributed by atoms with Gasteiger partial charge >= 0.3 is 5.97 Å². The number of hydrogen-bond acceptors (Lipinski definition) is 4. The van der Waals surface area contributed by atoms with Crippen LogP contribution in [0.1, 0.15) is 16.0 Å². The van der Waals surface area contributed by atoms with E-state index in [4.69, 9.17) is 4.74 Å². The lowest BCUT2D eigenvalue weighted by Gasteiger charge is -2.26. The van der Waals surface area contributed by atoms with E-state index in [0.29, 0.717) is 6.61 Å². The Bertz CT molecular complexity index is 430. The molecule has 1 aliphatic heterocycles. The first kappa shape index (κ1) is 15.5. The summed E-state index contributed by atoms with van der Waals surface area (Å²) in [5.74, 6) is -0.219. The molecule has 1 N–H and O–H groups in total. The summed E-state index contributed by atoms with van der Waals surface area (Å²) in [5, 5.41) is 3.30. The zero-order valence-electron chi connectivity index (χ0n) is 11.8. The highest BCUT2D eigenvalue weighted by Crippen LogP contribution is 2.24. The topological polar surface area (TPSA) is 41.6 Å². The van der Waals surface area contributed by atoms with Gasteiger partial charge < -0.3 is 10.1 Å². The Morgan fingerprint density at radius 2 is 2.00 bits per heavy atom. The van der Waals surface area contributed by atoms with Crippen LogP contribution in [-0.2, 0) is 9.53 Å². The predicted octanol–water partition coefficient (Wildman–Crippen LogP) is 1.88. The van der Waals surface area contributed by atoms with Gasteiger partial charge in [0.05, 0.1) is 0 Å². The fraction of sp³-hybridized carbons (Fsp3) is 0.533. The second kappa shape index (κ2) is 7.76. The molecule has 1 atom stereocenters. The van der Waals surface area contributed by atoms with Gasteiger partial charge in [-0.3, -0.25) is 9.69 Å². The molecular formula is C15H21BrN2O2. The summed E-state index contributed by atoms with van der Waals surface area (Å²) >= 11 is 3.40. The summed E-state index contributed by atoms with van der Waals surface area (Å²) in [5.41, 5.74) is 2.11. The number of benzene rings is 1. The van der Waals surface area contributed by atoms with Crippen LogP contribution in [-0.4, -0.2) is 50.2 Å². The Labute approximate surface area is 128 Å². The molecule has 0 radical (unpaired) electrons. The van der Waals surface area contributed by atoms with E-state index in [1.54, 1.807) is 0 Å². The Balaban J connectivity index is 1.74. The van der Waals surface area contributed by atoms with E-state index in [0.717, 1.165) is 38.3 Å². The molecule has 0 bridgehead atoms. The summed E-state index contributed by atoms with van der Waals surface area (Å²) < 4.78 is 5.34. The van der Waals surface area contributed by atoms with Gasteiger partial charge in [-0.2, -0.15) is 0 Å². The van der Waals surface area contributed by atoms with Gasteiger partial charge in [-0.05, 0) is 12.5 Å². The summed E-state index contributed by atoms with van der Waals surface area (Å²) in [6.45, 7) is 7.35. The molecule has 0 saturated carbocycles. The number of nitrogens with one attached hydrogen (secondary N) is 1. The van der Waals surface area contributed by atoms with E-state index in [1.807, 2.05) is 31.2 Å². The van der Waals surface area contributed by atoms with Gasteiger partial charge in [-0.1, -0.05) is 45.8 Å². The molecular weight excluding hydrogens is 320 g/mol. The minimum atomic E-state index is -0.383. The molecule has 4 nitrogen and oxygen atoms in total. The lowest BCUT2D eigenvalue weighted by atomic mass is 10.1. The molecule has 0 aliphatic carbocycles. The molecule has 0 amide bonds. The van der Waals surface area contributed by atoms with Crippen LogP contribution in [0.4, 0.5) is 0 Å². The van der Waals surface area contributed by atoms with Crippen molar-refractivity contribution < 1.29 is 9.53 Å². The molecule has 5 heteroatoms. The fourth-order valence-electron chi connectivity index (χ4n) is 2.15. The smallest absolute Gasteiger partial charge is 0.324 e. The van der Waals surface area contributed by atoms with Crippen molar-refractivity contribution in [2.45, 2.75) is 11.8 Å². The van der Waals surface area contributed by atoms with Gasteiger partial charge in [0.15, 0.2) is 0 Å². The van der Waals surface area contributed by atoms with Crippen molar-refractivity contribution in [1.82, 2.24) is 10.2 Å². The van der Waals surface area contributed by atoms with E-state index < -0.39 is 0 Å². The SMILES string of the molecule is Cc1ccc(C(Br)C(=O)OCCN2CCNCC2)cc1. The first-order chi connectivity index (χ1) is 9.66. The molecule has 0 spiro atoms. The maximum Gasteiger partial charge on any atom is 0.324 e. The van der Waals surface area contributed by atoms with Gasteiger partial charge in [0, 0.05) is 32.7 Å². The number of halogens is 1. The summed E-state index contributed by atoms with van der Waals surface area (Å²) in [6, 6.07) is 7.90. The van der Waals surface area contributed by atoms with Crippen LogP contribution < -0.4 is 5.32 Å². The van der Waals surface area contributed by atoms with E-state index in [1.165, 1.54) is 5.56 Å². The average molecular weight is 341 g/mol. The van der Waals surface area contributed by atoms with Crippen molar-refractivity contribution in [1.29, 1.82) is 0 Å². The van der Waals surface area contributed by atoms with Crippen LogP contribution in [0.2, 0.25) is 0 Å². The van der Waals surface area contributed by atoms with Crippen LogP contribution >= 0.6 is 15.9 Å². The van der Waals surface area contributed by atoms with Crippen molar-refractivity contribution in [3.05, 3.63) is 35.4 Å². The highest BCUT2D eigenvalue weighted by Gasteiger charge is 2.19. The zero-order chi connectivity index (χ0) is 14.4. The number of esters is 1. The number of carbonyl (C=O) groups excluding carboxylic acids is 1. The standard InChI is InChI=1S/C15H21BrN2O2/c1-12-2-4-13(5-3-12)14(16)15(19)20-11-10-18-8-6-17-7-9-18/h2-5,14,17H,6-11H2,1H3. The number of hydrogen-bond donors (Lipinski definition) is 1. The van der Waals surface area contributed by atoms with Crippen molar-refractivity contribution in [2.24, 2.45) is 0 Å². The first-order valence-corrected chi connectivity index (χ1v) is 7.89. The normalized spacial score (nSPS) is 17.7. The Morgan fingerprint density at radius 1 is 1.35 bits per heavy atom. The quantitative estimate of drug-likeness (QED) is 0.656. The van der Waals surface area contributed by atoms with E-state index in [-0.39, 0.29) is 10.8 Å². The molecule has 2 rings (SSSR count). The summed E-state index contributed by atoms with van der Waals surface area (Å²) in [7, 11) is 0. The van der Waals surface area contributed by atoms with Crippen molar-refractivity contribution in [3.63, 3.8) is 0 Å². The average Bonchev–Trinajstić information content (AvgIpc) is 2.48. The molecule has 1 aliphatic rings. The maximum atomic E-state index is 12.0. The van der Waals surface area contributed by atoms with Crippen molar-refractivity contribution in [3.8, 4) is 0 Å². The second-order valence-corrected chi connectivity index (χ2v) is 5.95. The Kier molecular flexibility index (Phi) is 6.01. The van der Waals surface area contributed by atoms with Gasteiger partial charge in [0.2, 0.25) is 0 Å².